The number of aliphatic hydroxyl groups is 1. The molecule has 0 spiro atoms. The normalized spacial score (nSPS) is 14.9. The van der Waals surface area contributed by atoms with Crippen LogP contribution in [0.3, 0.4) is 0 Å². The fourth-order valence-corrected chi connectivity index (χ4v) is 2.04. The molecule has 96 valence electrons. The van der Waals surface area contributed by atoms with Crippen LogP contribution in [0.2, 0.25) is 0 Å². The van der Waals surface area contributed by atoms with Crippen LogP contribution >= 0.6 is 0 Å². The Kier molecular flexibility index (Phi) is 5.12. The summed E-state index contributed by atoms with van der Waals surface area (Å²) in [4.78, 5) is 1.99. The maximum Gasteiger partial charge on any atom is 0.0869 e. The lowest BCUT2D eigenvalue weighted by molar-refractivity contribution is 0.0336. The van der Waals surface area contributed by atoms with Crippen LogP contribution in [-0.4, -0.2) is 42.8 Å². The third-order valence-electron chi connectivity index (χ3n) is 2.57. The summed E-state index contributed by atoms with van der Waals surface area (Å²) in [6.45, 7) is 6.00. The molecular formula is C14H24N2O. The Bertz CT molecular complexity index is 348. The van der Waals surface area contributed by atoms with E-state index in [1.165, 1.54) is 11.1 Å². The van der Waals surface area contributed by atoms with Crippen molar-refractivity contribution in [1.29, 1.82) is 0 Å². The Balaban J connectivity index is 2.37. The number of nitrogens with zero attached hydrogens (tertiary/aromatic N) is 1. The summed E-state index contributed by atoms with van der Waals surface area (Å²) in [5.74, 6) is 0. The summed E-state index contributed by atoms with van der Waals surface area (Å²) < 4.78 is 0. The van der Waals surface area contributed by atoms with Crippen molar-refractivity contribution in [3.63, 3.8) is 0 Å². The lowest BCUT2D eigenvalue weighted by atomic mass is 10.1. The van der Waals surface area contributed by atoms with Crippen LogP contribution in [0, 0.1) is 6.92 Å². The molecule has 1 rings (SSSR count). The van der Waals surface area contributed by atoms with Gasteiger partial charge in [0.15, 0.2) is 0 Å². The third-order valence-corrected chi connectivity index (χ3v) is 2.57. The highest BCUT2D eigenvalue weighted by atomic mass is 16.3. The fraction of sp³-hybridized carbons (Fsp3) is 0.571. The molecule has 0 aromatic heterocycles. The topological polar surface area (TPSA) is 35.5 Å². The summed E-state index contributed by atoms with van der Waals surface area (Å²) in [6.07, 6.45) is 0. The van der Waals surface area contributed by atoms with Gasteiger partial charge in [0, 0.05) is 19.6 Å². The molecule has 0 fully saturated rings. The second kappa shape index (κ2) is 6.15. The van der Waals surface area contributed by atoms with E-state index >= 15 is 0 Å². The predicted octanol–water partition coefficient (Wildman–Crippen LogP) is 1.40. The standard InChI is InChI=1S/C14H24N2O/c1-12-6-5-7-13(8-12)9-15-10-14(2,17)11-16(3)4/h5-8,15,17H,9-11H2,1-4H3. The Morgan fingerprint density at radius 1 is 1.35 bits per heavy atom. The van der Waals surface area contributed by atoms with Crippen LogP contribution < -0.4 is 5.32 Å². The molecule has 3 heteroatoms. The third kappa shape index (κ3) is 5.82. The van der Waals surface area contributed by atoms with Gasteiger partial charge in [0.2, 0.25) is 0 Å². The van der Waals surface area contributed by atoms with Crippen molar-refractivity contribution < 1.29 is 5.11 Å². The molecule has 0 saturated carbocycles. The van der Waals surface area contributed by atoms with Gasteiger partial charge in [-0.25, -0.2) is 0 Å². The van der Waals surface area contributed by atoms with Crippen LogP contribution in [0.25, 0.3) is 0 Å². The number of aryl methyl sites for hydroxylation is 1. The van der Waals surface area contributed by atoms with Gasteiger partial charge in [0.05, 0.1) is 5.60 Å². The van der Waals surface area contributed by atoms with E-state index in [2.05, 4.69) is 36.5 Å². The van der Waals surface area contributed by atoms with E-state index in [0.29, 0.717) is 13.1 Å². The summed E-state index contributed by atoms with van der Waals surface area (Å²) >= 11 is 0. The molecule has 1 aromatic carbocycles. The van der Waals surface area contributed by atoms with Gasteiger partial charge in [-0.1, -0.05) is 29.8 Å². The average molecular weight is 236 g/mol. The number of hydrogen-bond acceptors (Lipinski definition) is 3. The first kappa shape index (κ1) is 14.2. The van der Waals surface area contributed by atoms with E-state index in [4.69, 9.17) is 0 Å². The highest BCUT2D eigenvalue weighted by Gasteiger charge is 2.20. The minimum absolute atomic E-state index is 0.596. The van der Waals surface area contributed by atoms with Gasteiger partial charge in [0.1, 0.15) is 0 Å². The lowest BCUT2D eigenvalue weighted by Crippen LogP contribution is -2.45. The highest BCUT2D eigenvalue weighted by molar-refractivity contribution is 5.21. The van der Waals surface area contributed by atoms with Gasteiger partial charge in [-0.05, 0) is 33.5 Å². The molecule has 0 saturated heterocycles. The molecule has 0 aliphatic rings. The molecule has 0 bridgehead atoms. The molecule has 1 atom stereocenters. The van der Waals surface area contributed by atoms with Gasteiger partial charge in [-0.15, -0.1) is 0 Å². The van der Waals surface area contributed by atoms with Crippen LogP contribution in [0.5, 0.6) is 0 Å². The van der Waals surface area contributed by atoms with E-state index < -0.39 is 5.60 Å². The van der Waals surface area contributed by atoms with Crippen molar-refractivity contribution in [2.24, 2.45) is 0 Å². The number of hydrogen-bond donors (Lipinski definition) is 2. The zero-order valence-corrected chi connectivity index (χ0v) is 11.3. The Morgan fingerprint density at radius 3 is 2.65 bits per heavy atom. The van der Waals surface area contributed by atoms with Crippen LogP contribution in [0.4, 0.5) is 0 Å². The van der Waals surface area contributed by atoms with Crippen molar-refractivity contribution in [3.05, 3.63) is 35.4 Å². The molecule has 1 aromatic rings. The summed E-state index contributed by atoms with van der Waals surface area (Å²) in [5, 5.41) is 13.4. The number of benzene rings is 1. The molecule has 17 heavy (non-hydrogen) atoms. The van der Waals surface area contributed by atoms with Gasteiger partial charge in [-0.2, -0.15) is 0 Å². The summed E-state index contributed by atoms with van der Waals surface area (Å²) in [6, 6.07) is 8.41. The van der Waals surface area contributed by atoms with Crippen molar-refractivity contribution in [2.45, 2.75) is 26.0 Å². The van der Waals surface area contributed by atoms with Crippen molar-refractivity contribution in [1.82, 2.24) is 10.2 Å². The smallest absolute Gasteiger partial charge is 0.0869 e. The van der Waals surface area contributed by atoms with Crippen LogP contribution in [-0.2, 0) is 6.54 Å². The number of likely N-dealkylation sites (N-methyl/N-ethyl adjacent to an activating group) is 1. The first-order chi connectivity index (χ1) is 7.89. The average Bonchev–Trinajstić information content (AvgIpc) is 2.15. The molecule has 0 radical (unpaired) electrons. The van der Waals surface area contributed by atoms with Gasteiger partial charge >= 0.3 is 0 Å². The fourth-order valence-electron chi connectivity index (χ4n) is 2.04. The number of rotatable bonds is 6. The zero-order chi connectivity index (χ0) is 12.9. The van der Waals surface area contributed by atoms with Crippen LogP contribution in [0.15, 0.2) is 24.3 Å². The Labute approximate surface area is 104 Å². The quantitative estimate of drug-likeness (QED) is 0.783. The van der Waals surface area contributed by atoms with E-state index in [0.717, 1.165) is 6.54 Å². The van der Waals surface area contributed by atoms with Gasteiger partial charge < -0.3 is 15.3 Å². The van der Waals surface area contributed by atoms with E-state index in [9.17, 15) is 5.11 Å². The van der Waals surface area contributed by atoms with E-state index in [1.807, 2.05) is 25.9 Å². The SMILES string of the molecule is Cc1cccc(CNCC(C)(O)CN(C)C)c1. The second-order valence-electron chi connectivity index (χ2n) is 5.33. The Hall–Kier alpha value is -0.900. The van der Waals surface area contributed by atoms with E-state index in [-0.39, 0.29) is 0 Å². The summed E-state index contributed by atoms with van der Waals surface area (Å²) in [5.41, 5.74) is 1.84. The molecule has 3 nitrogen and oxygen atoms in total. The minimum atomic E-state index is -0.687. The first-order valence-electron chi connectivity index (χ1n) is 6.02. The largest absolute Gasteiger partial charge is 0.388 e. The molecule has 1 unspecified atom stereocenters. The summed E-state index contributed by atoms with van der Waals surface area (Å²) in [7, 11) is 3.93. The van der Waals surface area contributed by atoms with Crippen molar-refractivity contribution in [3.8, 4) is 0 Å². The van der Waals surface area contributed by atoms with E-state index in [1.54, 1.807) is 0 Å². The molecular weight excluding hydrogens is 212 g/mol. The zero-order valence-electron chi connectivity index (χ0n) is 11.3. The maximum atomic E-state index is 10.1. The molecule has 0 amide bonds. The van der Waals surface area contributed by atoms with Crippen molar-refractivity contribution >= 4 is 0 Å². The predicted molar refractivity (Wildman–Crippen MR) is 72.1 cm³/mol. The number of nitrogens with one attached hydrogen (secondary N) is 1. The first-order valence-corrected chi connectivity index (χ1v) is 6.02. The van der Waals surface area contributed by atoms with Crippen molar-refractivity contribution in [2.75, 3.05) is 27.2 Å². The highest BCUT2D eigenvalue weighted by Crippen LogP contribution is 2.06. The second-order valence-corrected chi connectivity index (χ2v) is 5.33. The molecule has 0 heterocycles. The lowest BCUT2D eigenvalue weighted by Gasteiger charge is -2.27. The monoisotopic (exact) mass is 236 g/mol. The van der Waals surface area contributed by atoms with Gasteiger partial charge in [0.25, 0.3) is 0 Å². The van der Waals surface area contributed by atoms with Crippen LogP contribution in [0.1, 0.15) is 18.1 Å². The van der Waals surface area contributed by atoms with Gasteiger partial charge in [-0.3, -0.25) is 0 Å². The minimum Gasteiger partial charge on any atom is -0.388 e. The molecule has 2 N–H and O–H groups in total. The maximum absolute atomic E-state index is 10.1. The molecule has 0 aliphatic carbocycles. The Morgan fingerprint density at radius 2 is 2.06 bits per heavy atom. The molecule has 0 aliphatic heterocycles.